The molecule has 18 heavy (non-hydrogen) atoms. The lowest BCUT2D eigenvalue weighted by Gasteiger charge is -2.01. The Kier molecular flexibility index (Phi) is 7.68. The molecule has 0 bridgehead atoms. The van der Waals surface area contributed by atoms with Gasteiger partial charge in [-0.05, 0) is 38.0 Å². The highest BCUT2D eigenvalue weighted by Crippen LogP contribution is 2.23. The van der Waals surface area contributed by atoms with Crippen molar-refractivity contribution in [3.63, 3.8) is 0 Å². The zero-order valence-electron chi connectivity index (χ0n) is 12.6. The summed E-state index contributed by atoms with van der Waals surface area (Å²) in [5, 5.41) is 7.23. The van der Waals surface area contributed by atoms with Crippen molar-refractivity contribution in [2.45, 2.75) is 48.5 Å². The van der Waals surface area contributed by atoms with Crippen molar-refractivity contribution < 1.29 is 0 Å². The van der Waals surface area contributed by atoms with Crippen molar-refractivity contribution in [2.75, 3.05) is 0 Å². The fraction of sp³-hybridized carbons (Fsp3) is 0.467. The molecule has 3 nitrogen and oxygen atoms in total. The second kappa shape index (κ2) is 8.45. The highest BCUT2D eigenvalue weighted by molar-refractivity contribution is 5.62. The van der Waals surface area contributed by atoms with Gasteiger partial charge in [0, 0.05) is 11.9 Å². The van der Waals surface area contributed by atoms with Crippen LogP contribution in [0.2, 0.25) is 0 Å². The summed E-state index contributed by atoms with van der Waals surface area (Å²) in [5.74, 6) is 0. The molecule has 0 radical (unpaired) electrons. The quantitative estimate of drug-likeness (QED) is 0.809. The van der Waals surface area contributed by atoms with Gasteiger partial charge >= 0.3 is 0 Å². The molecule has 0 saturated heterocycles. The minimum absolute atomic E-state index is 0.959. The molecule has 1 N–H and O–H groups in total. The topological polar surface area (TPSA) is 41.6 Å². The number of hydrogen-bond acceptors (Lipinski definition) is 2. The molecular weight excluding hydrogens is 222 g/mol. The van der Waals surface area contributed by atoms with Crippen LogP contribution >= 0.6 is 0 Å². The van der Waals surface area contributed by atoms with E-state index in [0.29, 0.717) is 0 Å². The molecule has 0 aliphatic heterocycles. The van der Waals surface area contributed by atoms with E-state index in [-0.39, 0.29) is 0 Å². The van der Waals surface area contributed by atoms with Crippen LogP contribution in [-0.2, 0) is 0 Å². The van der Waals surface area contributed by atoms with Crippen LogP contribution in [0.25, 0.3) is 11.4 Å². The fourth-order valence-electron chi connectivity index (χ4n) is 1.45. The number of pyridine rings is 1. The Bertz CT molecular complexity index is 459. The molecule has 2 heterocycles. The van der Waals surface area contributed by atoms with Crippen molar-refractivity contribution in [2.24, 2.45) is 0 Å². The molecule has 2 aromatic heterocycles. The van der Waals surface area contributed by atoms with Gasteiger partial charge in [0.2, 0.25) is 0 Å². The summed E-state index contributed by atoms with van der Waals surface area (Å²) in [6.07, 6.45) is 1.80. The van der Waals surface area contributed by atoms with E-state index in [4.69, 9.17) is 0 Å². The van der Waals surface area contributed by atoms with Crippen LogP contribution in [0, 0.1) is 20.8 Å². The maximum Gasteiger partial charge on any atom is 0.114 e. The molecule has 0 amide bonds. The molecule has 100 valence electrons. The number of aryl methyl sites for hydroxylation is 2. The van der Waals surface area contributed by atoms with Crippen molar-refractivity contribution in [1.82, 2.24) is 15.2 Å². The molecule has 0 unspecified atom stereocenters. The monoisotopic (exact) mass is 247 g/mol. The number of nitrogens with one attached hydrogen (secondary N) is 1. The first-order valence-corrected chi connectivity index (χ1v) is 6.63. The van der Waals surface area contributed by atoms with Crippen molar-refractivity contribution in [3.05, 3.63) is 35.2 Å². The highest BCUT2D eigenvalue weighted by atomic mass is 15.1. The number of aromatic amines is 1. The van der Waals surface area contributed by atoms with Crippen LogP contribution in [0.15, 0.2) is 18.3 Å². The lowest BCUT2D eigenvalue weighted by atomic mass is 10.1. The van der Waals surface area contributed by atoms with Crippen LogP contribution < -0.4 is 0 Å². The predicted octanol–water partition coefficient (Wildman–Crippen LogP) is 4.45. The zero-order valence-corrected chi connectivity index (χ0v) is 12.6. The van der Waals surface area contributed by atoms with Gasteiger partial charge in [-0.3, -0.25) is 10.1 Å². The molecule has 0 fully saturated rings. The molecule has 0 aliphatic rings. The van der Waals surface area contributed by atoms with Gasteiger partial charge in [0.15, 0.2) is 0 Å². The number of nitrogens with zero attached hydrogens (tertiary/aromatic N) is 2. The third-order valence-corrected chi connectivity index (χ3v) is 2.49. The Hall–Kier alpha value is -1.64. The molecule has 0 atom stereocenters. The maximum atomic E-state index is 4.34. The third-order valence-electron chi connectivity index (χ3n) is 2.49. The number of rotatable bonds is 1. The van der Waals surface area contributed by atoms with E-state index >= 15 is 0 Å². The Labute approximate surface area is 111 Å². The summed E-state index contributed by atoms with van der Waals surface area (Å²) >= 11 is 0. The van der Waals surface area contributed by atoms with E-state index < -0.39 is 0 Å². The molecule has 0 saturated carbocycles. The van der Waals surface area contributed by atoms with Crippen molar-refractivity contribution >= 4 is 0 Å². The largest absolute Gasteiger partial charge is 0.282 e. The summed E-state index contributed by atoms with van der Waals surface area (Å²) in [7, 11) is 0. The minimum Gasteiger partial charge on any atom is -0.282 e. The smallest absolute Gasteiger partial charge is 0.114 e. The maximum absolute atomic E-state index is 4.34. The third kappa shape index (κ3) is 3.69. The molecule has 2 rings (SSSR count). The lowest BCUT2D eigenvalue weighted by molar-refractivity contribution is 1.04. The second-order valence-corrected chi connectivity index (χ2v) is 3.49. The van der Waals surface area contributed by atoms with Gasteiger partial charge in [0.1, 0.15) is 5.69 Å². The van der Waals surface area contributed by atoms with Crippen LogP contribution in [-0.4, -0.2) is 15.2 Å². The summed E-state index contributed by atoms with van der Waals surface area (Å²) in [6.45, 7) is 14.1. The van der Waals surface area contributed by atoms with Gasteiger partial charge in [-0.1, -0.05) is 33.8 Å². The average Bonchev–Trinajstić information content (AvgIpc) is 2.76. The normalized spacial score (nSPS) is 8.83. The Balaban J connectivity index is 0.000000659. The number of H-pyrrole nitrogens is 1. The van der Waals surface area contributed by atoms with Gasteiger partial charge in [0.25, 0.3) is 0 Å². The van der Waals surface area contributed by atoms with E-state index in [1.807, 2.05) is 53.7 Å². The summed E-state index contributed by atoms with van der Waals surface area (Å²) in [4.78, 5) is 4.34. The van der Waals surface area contributed by atoms with E-state index in [2.05, 4.69) is 22.1 Å². The minimum atomic E-state index is 0.959. The van der Waals surface area contributed by atoms with Gasteiger partial charge in [-0.2, -0.15) is 5.10 Å². The molecule has 0 aliphatic carbocycles. The average molecular weight is 247 g/mol. The summed E-state index contributed by atoms with van der Waals surface area (Å²) in [5.41, 5.74) is 5.36. The standard InChI is InChI=1S/C11H13N3.2C2H6/c1-7-5-4-6-12-10(7)11-8(2)9(3)13-14-11;2*1-2/h4-6H,1-3H3,(H,13,14);2*1-2H3. The van der Waals surface area contributed by atoms with E-state index in [1.165, 1.54) is 5.56 Å². The molecule has 0 aromatic carbocycles. The number of hydrogen-bond donors (Lipinski definition) is 1. The van der Waals surface area contributed by atoms with Gasteiger partial charge in [0.05, 0.1) is 5.69 Å². The zero-order chi connectivity index (χ0) is 14.1. The van der Waals surface area contributed by atoms with E-state index in [0.717, 1.165) is 22.6 Å². The molecule has 2 aromatic rings. The molecule has 3 heteroatoms. The lowest BCUT2D eigenvalue weighted by Crippen LogP contribution is -1.89. The van der Waals surface area contributed by atoms with Gasteiger partial charge < -0.3 is 0 Å². The Morgan fingerprint density at radius 1 is 0.944 bits per heavy atom. The van der Waals surface area contributed by atoms with Gasteiger partial charge in [-0.25, -0.2) is 0 Å². The van der Waals surface area contributed by atoms with E-state index in [9.17, 15) is 0 Å². The van der Waals surface area contributed by atoms with Crippen molar-refractivity contribution in [3.8, 4) is 11.4 Å². The molecular formula is C15H25N3. The summed E-state index contributed by atoms with van der Waals surface area (Å²) in [6, 6.07) is 3.99. The van der Waals surface area contributed by atoms with Crippen LogP contribution in [0.5, 0.6) is 0 Å². The van der Waals surface area contributed by atoms with Gasteiger partial charge in [-0.15, -0.1) is 0 Å². The Morgan fingerprint density at radius 2 is 1.56 bits per heavy atom. The Morgan fingerprint density at radius 3 is 2.00 bits per heavy atom. The number of aromatic nitrogens is 3. The highest BCUT2D eigenvalue weighted by Gasteiger charge is 2.10. The summed E-state index contributed by atoms with van der Waals surface area (Å²) < 4.78 is 0. The fourth-order valence-corrected chi connectivity index (χ4v) is 1.45. The van der Waals surface area contributed by atoms with E-state index in [1.54, 1.807) is 6.20 Å². The second-order valence-electron chi connectivity index (χ2n) is 3.49. The van der Waals surface area contributed by atoms with Crippen LogP contribution in [0.3, 0.4) is 0 Å². The first-order chi connectivity index (χ1) is 8.70. The van der Waals surface area contributed by atoms with Crippen LogP contribution in [0.4, 0.5) is 0 Å². The van der Waals surface area contributed by atoms with Crippen molar-refractivity contribution in [1.29, 1.82) is 0 Å². The SMILES string of the molecule is CC.CC.Cc1cccnc1-c1n[nH]c(C)c1C. The van der Waals surface area contributed by atoms with Crippen LogP contribution in [0.1, 0.15) is 44.5 Å². The predicted molar refractivity (Wildman–Crippen MR) is 78.7 cm³/mol. The molecule has 0 spiro atoms. The first kappa shape index (κ1) is 16.4. The first-order valence-electron chi connectivity index (χ1n) is 6.63.